The van der Waals surface area contributed by atoms with Gasteiger partial charge in [-0.25, -0.2) is 0 Å². The van der Waals surface area contributed by atoms with Gasteiger partial charge in [-0.05, 0) is 81.4 Å². The number of nitrogens with one attached hydrogen (secondary N) is 1. The molecule has 0 radical (unpaired) electrons. The molecule has 194 valence electrons. The zero-order chi connectivity index (χ0) is 26.5. The van der Waals surface area contributed by atoms with Crippen LogP contribution in [-0.2, 0) is 12.8 Å². The molecule has 0 unspecified atom stereocenters. The van der Waals surface area contributed by atoms with Crippen molar-refractivity contribution in [3.63, 3.8) is 0 Å². The summed E-state index contributed by atoms with van der Waals surface area (Å²) >= 11 is 22.1. The van der Waals surface area contributed by atoms with Gasteiger partial charge in [-0.1, -0.05) is 53.0 Å². The van der Waals surface area contributed by atoms with Crippen LogP contribution in [-0.4, -0.2) is 7.11 Å². The SMILES string of the molecule is COc1cc([C@@H]2Nc3c(Cl)ccc(C(F)(F)F)c3[C@@H]3C=CC[C@H]32)cc(Br)c1OCc1ccc(Cl)c(Cl)c1. The normalized spacial score (nSPS) is 20.3. The van der Waals surface area contributed by atoms with Gasteiger partial charge in [0.15, 0.2) is 11.5 Å². The molecule has 0 saturated carbocycles. The van der Waals surface area contributed by atoms with Crippen molar-refractivity contribution in [1.82, 2.24) is 0 Å². The number of hydrogen-bond acceptors (Lipinski definition) is 3. The van der Waals surface area contributed by atoms with Crippen molar-refractivity contribution in [1.29, 1.82) is 0 Å². The molecule has 0 spiro atoms. The Morgan fingerprint density at radius 2 is 1.78 bits per heavy atom. The van der Waals surface area contributed by atoms with Gasteiger partial charge in [-0.3, -0.25) is 0 Å². The monoisotopic (exact) mass is 631 g/mol. The summed E-state index contributed by atoms with van der Waals surface area (Å²) in [6, 6.07) is 11.0. The highest BCUT2D eigenvalue weighted by Gasteiger charge is 2.45. The predicted octanol–water partition coefficient (Wildman–Crippen LogP) is 9.84. The Morgan fingerprint density at radius 3 is 2.49 bits per heavy atom. The maximum absolute atomic E-state index is 13.9. The zero-order valence-corrected chi connectivity index (χ0v) is 23.2. The summed E-state index contributed by atoms with van der Waals surface area (Å²) in [5.41, 5.74) is 1.51. The van der Waals surface area contributed by atoms with Crippen LogP contribution in [0.3, 0.4) is 0 Å². The number of rotatable bonds is 5. The fourth-order valence-electron chi connectivity index (χ4n) is 5.10. The molecule has 0 aromatic heterocycles. The Balaban J connectivity index is 1.49. The van der Waals surface area contributed by atoms with E-state index >= 15 is 0 Å². The lowest BCUT2D eigenvalue weighted by molar-refractivity contribution is -0.138. The molecule has 37 heavy (non-hydrogen) atoms. The molecular weight excluding hydrogens is 614 g/mol. The molecule has 0 bridgehead atoms. The van der Waals surface area contributed by atoms with Gasteiger partial charge in [0.2, 0.25) is 0 Å². The Morgan fingerprint density at radius 1 is 1.03 bits per heavy atom. The van der Waals surface area contributed by atoms with E-state index in [-0.39, 0.29) is 29.2 Å². The quantitative estimate of drug-likeness (QED) is 0.284. The van der Waals surface area contributed by atoms with E-state index in [1.54, 1.807) is 12.1 Å². The van der Waals surface area contributed by atoms with Crippen molar-refractivity contribution in [2.45, 2.75) is 31.2 Å². The molecule has 1 N–H and O–H groups in total. The molecular formula is C27H20BrCl3F3NO2. The minimum Gasteiger partial charge on any atom is -0.493 e. The second-order valence-electron chi connectivity index (χ2n) is 8.93. The highest BCUT2D eigenvalue weighted by atomic mass is 79.9. The van der Waals surface area contributed by atoms with E-state index in [2.05, 4.69) is 21.2 Å². The van der Waals surface area contributed by atoms with Crippen LogP contribution in [0.5, 0.6) is 11.5 Å². The summed E-state index contributed by atoms with van der Waals surface area (Å²) in [6.07, 6.45) is -0.0735. The van der Waals surface area contributed by atoms with Crippen LogP contribution in [0.15, 0.2) is 59.1 Å². The lowest BCUT2D eigenvalue weighted by Crippen LogP contribution is -2.31. The molecule has 1 heterocycles. The first-order chi connectivity index (χ1) is 17.6. The second-order valence-corrected chi connectivity index (χ2v) is 11.0. The van der Waals surface area contributed by atoms with Crippen molar-refractivity contribution in [3.05, 3.63) is 96.4 Å². The second kappa shape index (κ2) is 10.3. The summed E-state index contributed by atoms with van der Waals surface area (Å²) in [5, 5.41) is 4.45. The van der Waals surface area contributed by atoms with E-state index in [0.717, 1.165) is 17.2 Å². The molecule has 3 nitrogen and oxygen atoms in total. The van der Waals surface area contributed by atoms with E-state index in [1.807, 2.05) is 30.4 Å². The van der Waals surface area contributed by atoms with Gasteiger partial charge < -0.3 is 14.8 Å². The van der Waals surface area contributed by atoms with E-state index in [1.165, 1.54) is 13.2 Å². The van der Waals surface area contributed by atoms with Crippen LogP contribution in [0.1, 0.15) is 40.6 Å². The van der Waals surface area contributed by atoms with Gasteiger partial charge in [0.25, 0.3) is 0 Å². The number of fused-ring (bicyclic) bond motifs is 3. The Kier molecular flexibility index (Phi) is 7.35. The molecule has 5 rings (SSSR count). The van der Waals surface area contributed by atoms with Gasteiger partial charge in [0.1, 0.15) is 6.61 Å². The fourth-order valence-corrected chi connectivity index (χ4v) is 6.21. The third-order valence-electron chi connectivity index (χ3n) is 6.75. The minimum absolute atomic E-state index is 0.133. The first-order valence-electron chi connectivity index (χ1n) is 11.4. The van der Waals surface area contributed by atoms with Gasteiger partial charge >= 0.3 is 6.18 Å². The number of benzene rings is 3. The maximum Gasteiger partial charge on any atom is 0.416 e. The van der Waals surface area contributed by atoms with Gasteiger partial charge in [0, 0.05) is 5.92 Å². The van der Waals surface area contributed by atoms with Crippen LogP contribution in [0.25, 0.3) is 0 Å². The number of methoxy groups -OCH3 is 1. The fraction of sp³-hybridized carbons (Fsp3) is 0.259. The molecule has 3 aromatic rings. The van der Waals surface area contributed by atoms with Crippen molar-refractivity contribution >= 4 is 56.4 Å². The molecule has 0 amide bonds. The molecule has 10 heteroatoms. The van der Waals surface area contributed by atoms with E-state index in [4.69, 9.17) is 44.3 Å². The van der Waals surface area contributed by atoms with Gasteiger partial charge in [0.05, 0.1) is 43.9 Å². The first-order valence-corrected chi connectivity index (χ1v) is 13.3. The average molecular weight is 634 g/mol. The van der Waals surface area contributed by atoms with Crippen molar-refractivity contribution in [2.24, 2.45) is 5.92 Å². The van der Waals surface area contributed by atoms with Crippen LogP contribution >= 0.6 is 50.7 Å². The highest BCUT2D eigenvalue weighted by Crippen LogP contribution is 2.55. The largest absolute Gasteiger partial charge is 0.493 e. The number of allylic oxidation sites excluding steroid dienone is 2. The van der Waals surface area contributed by atoms with E-state index in [9.17, 15) is 13.2 Å². The topological polar surface area (TPSA) is 30.5 Å². The Labute approximate surface area is 235 Å². The van der Waals surface area contributed by atoms with Crippen molar-refractivity contribution in [3.8, 4) is 11.5 Å². The molecule has 0 fully saturated rings. The summed E-state index contributed by atoms with van der Waals surface area (Å²) in [7, 11) is 1.54. The summed E-state index contributed by atoms with van der Waals surface area (Å²) < 4.78 is 53.9. The zero-order valence-electron chi connectivity index (χ0n) is 19.3. The summed E-state index contributed by atoms with van der Waals surface area (Å²) in [6.45, 7) is 0.227. The number of halogens is 7. The standard InChI is InChI=1S/C27H20BrCl3F3NO2/c1-36-22-11-14(10-18(28)26(22)37-12-13-5-7-19(29)21(31)9-13)24-16-4-2-3-15(16)23-17(27(32,33)34)6-8-20(30)25(23)35-24/h2-3,5-11,15-16,24,35H,4,12H2,1H3/t15-,16-,24+/m1/s1. The number of alkyl halides is 3. The third-order valence-corrected chi connectivity index (χ3v) is 8.40. The minimum atomic E-state index is -4.48. The molecule has 3 atom stereocenters. The molecule has 1 aliphatic heterocycles. The Hall–Kier alpha value is -2.06. The lowest BCUT2D eigenvalue weighted by Gasteiger charge is -2.39. The summed E-state index contributed by atoms with van der Waals surface area (Å²) in [5.74, 6) is 0.417. The molecule has 3 aromatic carbocycles. The first kappa shape index (κ1) is 26.5. The number of ether oxygens (including phenoxy) is 2. The number of anilines is 1. The number of hydrogen-bond donors (Lipinski definition) is 1. The smallest absolute Gasteiger partial charge is 0.416 e. The molecule has 1 aliphatic carbocycles. The average Bonchev–Trinajstić information content (AvgIpc) is 3.34. The maximum atomic E-state index is 13.9. The van der Waals surface area contributed by atoms with E-state index < -0.39 is 17.7 Å². The van der Waals surface area contributed by atoms with Gasteiger partial charge in [-0.2, -0.15) is 13.2 Å². The van der Waals surface area contributed by atoms with Crippen LogP contribution in [0, 0.1) is 5.92 Å². The highest BCUT2D eigenvalue weighted by molar-refractivity contribution is 9.10. The Bertz CT molecular complexity index is 1400. The molecule has 0 saturated heterocycles. The summed E-state index contributed by atoms with van der Waals surface area (Å²) in [4.78, 5) is 0. The van der Waals surface area contributed by atoms with Crippen molar-refractivity contribution in [2.75, 3.05) is 12.4 Å². The molecule has 2 aliphatic rings. The van der Waals surface area contributed by atoms with Crippen LogP contribution in [0.2, 0.25) is 15.1 Å². The third kappa shape index (κ3) is 5.03. The van der Waals surface area contributed by atoms with Crippen LogP contribution in [0.4, 0.5) is 18.9 Å². The van der Waals surface area contributed by atoms with Crippen molar-refractivity contribution < 1.29 is 22.6 Å². The predicted molar refractivity (Wildman–Crippen MR) is 144 cm³/mol. The lowest BCUT2D eigenvalue weighted by atomic mass is 9.75. The van der Waals surface area contributed by atoms with Gasteiger partial charge in [-0.15, -0.1) is 0 Å². The van der Waals surface area contributed by atoms with Crippen LogP contribution < -0.4 is 14.8 Å². The van der Waals surface area contributed by atoms with E-state index in [0.29, 0.717) is 38.1 Å².